The molecule has 1 amide bonds. The van der Waals surface area contributed by atoms with E-state index in [2.05, 4.69) is 29.5 Å². The van der Waals surface area contributed by atoms with Crippen LogP contribution >= 0.6 is 35.0 Å². The van der Waals surface area contributed by atoms with Gasteiger partial charge in [-0.3, -0.25) is 4.79 Å². The van der Waals surface area contributed by atoms with E-state index in [4.69, 9.17) is 5.73 Å². The van der Waals surface area contributed by atoms with E-state index >= 15 is 0 Å². The summed E-state index contributed by atoms with van der Waals surface area (Å²) in [5.74, 6) is 0.586. The van der Waals surface area contributed by atoms with Crippen molar-refractivity contribution in [3.05, 3.63) is 33.4 Å². The number of rotatable bonds is 2. The summed E-state index contributed by atoms with van der Waals surface area (Å²) in [6.07, 6.45) is 1.02. The highest BCUT2D eigenvalue weighted by Gasteiger charge is 2.31. The van der Waals surface area contributed by atoms with Gasteiger partial charge in [-0.15, -0.1) is 12.4 Å². The molecule has 0 saturated carbocycles. The van der Waals surface area contributed by atoms with Crippen molar-refractivity contribution in [2.45, 2.75) is 19.4 Å². The van der Waals surface area contributed by atoms with Gasteiger partial charge in [-0.1, -0.05) is 0 Å². The molecule has 1 aliphatic rings. The van der Waals surface area contributed by atoms with Gasteiger partial charge in [0.1, 0.15) is 0 Å². The average Bonchev–Trinajstić information content (AvgIpc) is 2.71. The van der Waals surface area contributed by atoms with Gasteiger partial charge in [0.25, 0.3) is 5.91 Å². The summed E-state index contributed by atoms with van der Waals surface area (Å²) in [7, 11) is 0. The number of nitrogens with two attached hydrogens (primary N) is 1. The molecule has 5 heteroatoms. The van der Waals surface area contributed by atoms with Crippen molar-refractivity contribution in [3.63, 3.8) is 0 Å². The van der Waals surface area contributed by atoms with E-state index in [-0.39, 0.29) is 18.3 Å². The summed E-state index contributed by atoms with van der Waals surface area (Å²) >= 11 is 2.24. The number of benzene rings is 1. The number of halogens is 2. The fourth-order valence-corrected chi connectivity index (χ4v) is 2.71. The van der Waals surface area contributed by atoms with Crippen LogP contribution in [0, 0.1) is 9.49 Å². The maximum Gasteiger partial charge on any atom is 0.254 e. The molecule has 2 rings (SSSR count). The second kappa shape index (κ2) is 6.73. The Hall–Kier alpha value is -0.330. The van der Waals surface area contributed by atoms with Crippen LogP contribution in [0.2, 0.25) is 0 Å². The van der Waals surface area contributed by atoms with Crippen LogP contribution < -0.4 is 5.73 Å². The second-order valence-corrected chi connectivity index (χ2v) is 5.90. The molecule has 0 radical (unpaired) electrons. The van der Waals surface area contributed by atoms with E-state index in [9.17, 15) is 4.79 Å². The molecule has 18 heavy (non-hydrogen) atoms. The van der Waals surface area contributed by atoms with E-state index < -0.39 is 0 Å². The van der Waals surface area contributed by atoms with Gasteiger partial charge in [0.05, 0.1) is 0 Å². The Morgan fingerprint density at radius 2 is 2.06 bits per heavy atom. The van der Waals surface area contributed by atoms with E-state index in [0.717, 1.165) is 22.1 Å². The van der Waals surface area contributed by atoms with Crippen molar-refractivity contribution < 1.29 is 4.79 Å². The first-order chi connectivity index (χ1) is 8.11. The molecule has 0 aromatic heterocycles. The predicted octanol–water partition coefficient (Wildman–Crippen LogP) is 2.52. The minimum absolute atomic E-state index is 0. The van der Waals surface area contributed by atoms with Crippen LogP contribution in [0.1, 0.15) is 23.7 Å². The van der Waals surface area contributed by atoms with Gasteiger partial charge in [0.2, 0.25) is 0 Å². The van der Waals surface area contributed by atoms with Crippen LogP contribution in [0.4, 0.5) is 0 Å². The SMILES string of the molecule is CC1CC(CN)CN1C(=O)c1ccc(I)cc1.Cl. The number of likely N-dealkylation sites (tertiary alicyclic amines) is 1. The summed E-state index contributed by atoms with van der Waals surface area (Å²) in [6, 6.07) is 8.03. The Morgan fingerprint density at radius 1 is 1.44 bits per heavy atom. The van der Waals surface area contributed by atoms with Crippen molar-refractivity contribution in [1.82, 2.24) is 4.90 Å². The first-order valence-electron chi connectivity index (χ1n) is 5.88. The van der Waals surface area contributed by atoms with Gasteiger partial charge >= 0.3 is 0 Å². The Balaban J connectivity index is 0.00000162. The maximum absolute atomic E-state index is 12.3. The van der Waals surface area contributed by atoms with Gasteiger partial charge < -0.3 is 10.6 Å². The number of carbonyl (C=O) groups excluding carboxylic acids is 1. The number of nitrogens with zero attached hydrogens (tertiary/aromatic N) is 1. The summed E-state index contributed by atoms with van der Waals surface area (Å²) in [4.78, 5) is 14.3. The largest absolute Gasteiger partial charge is 0.336 e. The summed E-state index contributed by atoms with van der Waals surface area (Å²) < 4.78 is 1.15. The van der Waals surface area contributed by atoms with Crippen molar-refractivity contribution in [1.29, 1.82) is 0 Å². The lowest BCUT2D eigenvalue weighted by atomic mass is 10.1. The molecule has 2 atom stereocenters. The first kappa shape index (κ1) is 15.7. The Kier molecular flexibility index (Phi) is 5.88. The molecule has 1 saturated heterocycles. The summed E-state index contributed by atoms with van der Waals surface area (Å²) in [5.41, 5.74) is 6.45. The van der Waals surface area contributed by atoms with Crippen molar-refractivity contribution >= 4 is 40.9 Å². The van der Waals surface area contributed by atoms with Crippen LogP contribution in [-0.2, 0) is 0 Å². The lowest BCUT2D eigenvalue weighted by Crippen LogP contribution is -2.34. The molecule has 0 aliphatic carbocycles. The van der Waals surface area contributed by atoms with Crippen LogP contribution in [0.25, 0.3) is 0 Å². The topological polar surface area (TPSA) is 46.3 Å². The number of carbonyl (C=O) groups is 1. The van der Waals surface area contributed by atoms with Crippen molar-refractivity contribution in [2.24, 2.45) is 11.7 Å². The minimum Gasteiger partial charge on any atom is -0.336 e. The van der Waals surface area contributed by atoms with Gasteiger partial charge in [-0.25, -0.2) is 0 Å². The van der Waals surface area contributed by atoms with Crippen LogP contribution in [0.3, 0.4) is 0 Å². The highest BCUT2D eigenvalue weighted by atomic mass is 127. The maximum atomic E-state index is 12.3. The van der Waals surface area contributed by atoms with Crippen molar-refractivity contribution in [2.75, 3.05) is 13.1 Å². The standard InChI is InChI=1S/C13H17IN2O.ClH/c1-9-6-10(7-15)8-16(9)13(17)11-2-4-12(14)5-3-11;/h2-5,9-10H,6-8,15H2,1H3;1H. The van der Waals surface area contributed by atoms with E-state index in [1.165, 1.54) is 0 Å². The Bertz CT molecular complexity index is 410. The van der Waals surface area contributed by atoms with E-state index in [1.807, 2.05) is 29.2 Å². The number of hydrogen-bond donors (Lipinski definition) is 1. The quantitative estimate of drug-likeness (QED) is 0.802. The number of hydrogen-bond acceptors (Lipinski definition) is 2. The molecule has 1 fully saturated rings. The minimum atomic E-state index is 0. The highest BCUT2D eigenvalue weighted by Crippen LogP contribution is 2.24. The normalized spacial score (nSPS) is 22.7. The molecule has 0 spiro atoms. The van der Waals surface area contributed by atoms with Gasteiger partial charge in [0.15, 0.2) is 0 Å². The average molecular weight is 381 g/mol. The zero-order chi connectivity index (χ0) is 12.4. The smallest absolute Gasteiger partial charge is 0.254 e. The molecular formula is C13H18ClIN2O. The van der Waals surface area contributed by atoms with Gasteiger partial charge in [-0.2, -0.15) is 0 Å². The third-order valence-electron chi connectivity index (χ3n) is 3.35. The molecule has 1 aromatic rings. The van der Waals surface area contributed by atoms with E-state index in [1.54, 1.807) is 0 Å². The first-order valence-corrected chi connectivity index (χ1v) is 6.96. The Labute approximate surface area is 128 Å². The molecule has 3 nitrogen and oxygen atoms in total. The molecule has 2 N–H and O–H groups in total. The fraction of sp³-hybridized carbons (Fsp3) is 0.462. The molecule has 1 heterocycles. The molecule has 100 valence electrons. The van der Waals surface area contributed by atoms with E-state index in [0.29, 0.717) is 18.5 Å². The zero-order valence-corrected chi connectivity index (χ0v) is 13.3. The molecule has 1 aromatic carbocycles. The van der Waals surface area contributed by atoms with Crippen LogP contribution in [0.5, 0.6) is 0 Å². The molecule has 0 bridgehead atoms. The lowest BCUT2D eigenvalue weighted by molar-refractivity contribution is 0.0743. The van der Waals surface area contributed by atoms with Crippen LogP contribution in [0.15, 0.2) is 24.3 Å². The number of amides is 1. The monoisotopic (exact) mass is 380 g/mol. The Morgan fingerprint density at radius 3 is 2.56 bits per heavy atom. The molecule has 1 aliphatic heterocycles. The summed E-state index contributed by atoms with van der Waals surface area (Å²) in [6.45, 7) is 3.56. The van der Waals surface area contributed by atoms with Gasteiger partial charge in [-0.05, 0) is 72.7 Å². The zero-order valence-electron chi connectivity index (χ0n) is 10.3. The van der Waals surface area contributed by atoms with Gasteiger partial charge in [0, 0.05) is 21.7 Å². The van der Waals surface area contributed by atoms with Crippen molar-refractivity contribution in [3.8, 4) is 0 Å². The molecular weight excluding hydrogens is 363 g/mol. The second-order valence-electron chi connectivity index (χ2n) is 4.65. The lowest BCUT2D eigenvalue weighted by Gasteiger charge is -2.21. The highest BCUT2D eigenvalue weighted by molar-refractivity contribution is 14.1. The van der Waals surface area contributed by atoms with Crippen LogP contribution in [-0.4, -0.2) is 29.9 Å². The third-order valence-corrected chi connectivity index (χ3v) is 4.07. The molecule has 2 unspecified atom stereocenters. The third kappa shape index (κ3) is 3.36. The predicted molar refractivity (Wildman–Crippen MR) is 84.1 cm³/mol. The summed E-state index contributed by atoms with van der Waals surface area (Å²) in [5, 5.41) is 0. The fourth-order valence-electron chi connectivity index (χ4n) is 2.35.